The minimum Gasteiger partial charge on any atom is -0.476 e. The lowest BCUT2D eigenvalue weighted by Crippen LogP contribution is -2.05. The van der Waals surface area contributed by atoms with Crippen LogP contribution in [0.1, 0.15) is 32.1 Å². The van der Waals surface area contributed by atoms with Crippen LogP contribution in [0.4, 0.5) is 5.69 Å². The molecule has 2 aromatic heterocycles. The van der Waals surface area contributed by atoms with E-state index >= 15 is 0 Å². The largest absolute Gasteiger partial charge is 0.476 e. The Morgan fingerprint density at radius 2 is 1.46 bits per heavy atom. The average molecular weight is 346 g/mol. The summed E-state index contributed by atoms with van der Waals surface area (Å²) in [5.41, 5.74) is 5.33. The van der Waals surface area contributed by atoms with Crippen LogP contribution >= 0.6 is 11.6 Å². The number of aromatic nitrogens is 2. The number of pyridine rings is 2. The Balaban J connectivity index is 0.000000240. The first-order chi connectivity index (χ1) is 11.3. The smallest absolute Gasteiger partial charge is 0.356 e. The van der Waals surface area contributed by atoms with Gasteiger partial charge in [0.1, 0.15) is 12.1 Å². The number of hydrogen-bond donors (Lipinski definition) is 3. The zero-order chi connectivity index (χ0) is 18.3. The van der Waals surface area contributed by atoms with Crippen molar-refractivity contribution in [2.45, 2.75) is 0 Å². The van der Waals surface area contributed by atoms with Crippen molar-refractivity contribution in [3.8, 4) is 12.1 Å². The second-order valence-corrected chi connectivity index (χ2v) is 4.46. The van der Waals surface area contributed by atoms with E-state index in [9.17, 15) is 9.59 Å². The van der Waals surface area contributed by atoms with Crippen molar-refractivity contribution in [2.75, 3.05) is 5.73 Å². The SMILES string of the molecule is N#Cc1cnc(C(=O)O)c(Cl)c1.N#Cc1cnc(C(=O)O)c(N)c1. The molecule has 0 aliphatic heterocycles. The van der Waals surface area contributed by atoms with Gasteiger partial charge < -0.3 is 15.9 Å². The number of nitrogens with zero attached hydrogens (tertiary/aromatic N) is 4. The van der Waals surface area contributed by atoms with Crippen LogP contribution in [0.5, 0.6) is 0 Å². The zero-order valence-electron chi connectivity index (χ0n) is 11.8. The van der Waals surface area contributed by atoms with E-state index in [1.807, 2.05) is 0 Å². The first-order valence-corrected chi connectivity index (χ1v) is 6.35. The normalized spacial score (nSPS) is 8.96. The molecule has 0 amide bonds. The number of halogens is 1. The summed E-state index contributed by atoms with van der Waals surface area (Å²) in [6.45, 7) is 0. The van der Waals surface area contributed by atoms with Gasteiger partial charge in [-0.1, -0.05) is 11.6 Å². The van der Waals surface area contributed by atoms with Crippen molar-refractivity contribution >= 4 is 29.2 Å². The highest BCUT2D eigenvalue weighted by Gasteiger charge is 2.10. The number of nitriles is 2. The molecule has 9 nitrogen and oxygen atoms in total. The highest BCUT2D eigenvalue weighted by Crippen LogP contribution is 2.14. The standard InChI is InChI=1S/C7H3ClN2O2.C7H5N3O2/c8-5-1-4(2-9)3-10-6(5)7(11)12;8-2-4-1-5(9)6(7(11)12)10-3-4/h1,3H,(H,11,12);1,3H,9H2,(H,11,12). The van der Waals surface area contributed by atoms with Gasteiger partial charge in [0.2, 0.25) is 0 Å². The minimum atomic E-state index is -1.20. The second-order valence-electron chi connectivity index (χ2n) is 4.05. The van der Waals surface area contributed by atoms with Crippen LogP contribution in [-0.2, 0) is 0 Å². The maximum Gasteiger partial charge on any atom is 0.356 e. The summed E-state index contributed by atoms with van der Waals surface area (Å²) in [6.07, 6.45) is 2.33. The summed E-state index contributed by atoms with van der Waals surface area (Å²) in [7, 11) is 0. The molecule has 0 saturated carbocycles. The van der Waals surface area contributed by atoms with Crippen molar-refractivity contribution in [3.05, 3.63) is 52.1 Å². The molecule has 0 aliphatic carbocycles. The van der Waals surface area contributed by atoms with Crippen molar-refractivity contribution in [1.29, 1.82) is 10.5 Å². The van der Waals surface area contributed by atoms with E-state index in [2.05, 4.69) is 9.97 Å². The Morgan fingerprint density at radius 1 is 1.00 bits per heavy atom. The van der Waals surface area contributed by atoms with Crippen molar-refractivity contribution in [2.24, 2.45) is 0 Å². The van der Waals surface area contributed by atoms with Crippen LogP contribution in [0, 0.1) is 22.7 Å². The van der Waals surface area contributed by atoms with Crippen LogP contribution in [-0.4, -0.2) is 32.1 Å². The lowest BCUT2D eigenvalue weighted by Gasteiger charge is -1.97. The molecule has 0 fully saturated rings. The van der Waals surface area contributed by atoms with E-state index in [1.165, 1.54) is 18.3 Å². The summed E-state index contributed by atoms with van der Waals surface area (Å²) in [4.78, 5) is 27.8. The highest BCUT2D eigenvalue weighted by atomic mass is 35.5. The predicted octanol–water partition coefficient (Wildman–Crippen LogP) is 1.54. The van der Waals surface area contributed by atoms with Crippen molar-refractivity contribution in [1.82, 2.24) is 9.97 Å². The van der Waals surface area contributed by atoms with Gasteiger partial charge in [-0.15, -0.1) is 0 Å². The molecule has 0 unspecified atom stereocenters. The quantitative estimate of drug-likeness (QED) is 0.728. The molecule has 0 atom stereocenters. The van der Waals surface area contributed by atoms with Gasteiger partial charge in [-0.05, 0) is 12.1 Å². The number of hydrogen-bond acceptors (Lipinski definition) is 7. The van der Waals surface area contributed by atoms with Crippen LogP contribution in [0.2, 0.25) is 5.02 Å². The zero-order valence-corrected chi connectivity index (χ0v) is 12.5. The van der Waals surface area contributed by atoms with E-state index in [0.29, 0.717) is 0 Å². The third kappa shape index (κ3) is 4.66. The maximum absolute atomic E-state index is 10.4. The molecular weight excluding hydrogens is 338 g/mol. The number of rotatable bonds is 2. The molecule has 0 aromatic carbocycles. The molecule has 0 aliphatic rings. The Kier molecular flexibility index (Phi) is 6.18. The lowest BCUT2D eigenvalue weighted by atomic mass is 10.2. The molecule has 120 valence electrons. The molecule has 10 heteroatoms. The monoisotopic (exact) mass is 345 g/mol. The predicted molar refractivity (Wildman–Crippen MR) is 81.2 cm³/mol. The van der Waals surface area contributed by atoms with Gasteiger partial charge >= 0.3 is 11.9 Å². The maximum atomic E-state index is 10.4. The van der Waals surface area contributed by atoms with Gasteiger partial charge in [0.25, 0.3) is 0 Å². The average Bonchev–Trinajstić information content (AvgIpc) is 2.54. The van der Waals surface area contributed by atoms with Gasteiger partial charge in [-0.2, -0.15) is 10.5 Å². The minimum absolute atomic E-state index is 0.00144. The van der Waals surface area contributed by atoms with E-state index in [4.69, 9.17) is 38.1 Å². The van der Waals surface area contributed by atoms with Crippen LogP contribution in [0.25, 0.3) is 0 Å². The van der Waals surface area contributed by atoms with Crippen LogP contribution in [0.15, 0.2) is 24.5 Å². The van der Waals surface area contributed by atoms with Gasteiger partial charge in [0.05, 0.1) is 21.8 Å². The molecule has 0 saturated heterocycles. The molecular formula is C14H8ClN5O4. The van der Waals surface area contributed by atoms with E-state index in [1.54, 1.807) is 12.1 Å². The van der Waals surface area contributed by atoms with E-state index < -0.39 is 11.9 Å². The Hall–Kier alpha value is -3.69. The Labute approximate surface area is 140 Å². The first-order valence-electron chi connectivity index (χ1n) is 5.98. The lowest BCUT2D eigenvalue weighted by molar-refractivity contribution is 0.0680. The van der Waals surface area contributed by atoms with Gasteiger partial charge in [0.15, 0.2) is 11.4 Å². The van der Waals surface area contributed by atoms with E-state index in [-0.39, 0.29) is 33.2 Å². The molecule has 0 bridgehead atoms. The fourth-order valence-electron chi connectivity index (χ4n) is 1.38. The molecule has 2 heterocycles. The third-order valence-corrected chi connectivity index (χ3v) is 2.71. The van der Waals surface area contributed by atoms with Gasteiger partial charge in [-0.25, -0.2) is 19.6 Å². The Bertz CT molecular complexity index is 812. The number of anilines is 1. The summed E-state index contributed by atoms with van der Waals surface area (Å²) in [5, 5.41) is 33.8. The number of nitrogens with two attached hydrogens (primary N) is 1. The third-order valence-electron chi connectivity index (χ3n) is 2.42. The molecule has 2 rings (SSSR count). The molecule has 2 aromatic rings. The van der Waals surface area contributed by atoms with Gasteiger partial charge in [-0.3, -0.25) is 0 Å². The number of carbonyl (C=O) groups is 2. The number of carboxylic acids is 2. The highest BCUT2D eigenvalue weighted by molar-refractivity contribution is 6.33. The summed E-state index contributed by atoms with van der Waals surface area (Å²) < 4.78 is 0. The number of carboxylic acid groups (broad SMARTS) is 2. The van der Waals surface area contributed by atoms with Crippen LogP contribution in [0.3, 0.4) is 0 Å². The van der Waals surface area contributed by atoms with E-state index in [0.717, 1.165) is 6.20 Å². The molecule has 4 N–H and O–H groups in total. The summed E-state index contributed by atoms with van der Waals surface area (Å²) in [6, 6.07) is 6.13. The topological polar surface area (TPSA) is 174 Å². The van der Waals surface area contributed by atoms with Crippen molar-refractivity contribution in [3.63, 3.8) is 0 Å². The fraction of sp³-hybridized carbons (Fsp3) is 0. The van der Waals surface area contributed by atoms with Crippen molar-refractivity contribution < 1.29 is 19.8 Å². The number of aromatic carboxylic acids is 2. The molecule has 24 heavy (non-hydrogen) atoms. The summed E-state index contributed by atoms with van der Waals surface area (Å²) >= 11 is 5.51. The Morgan fingerprint density at radius 3 is 1.83 bits per heavy atom. The van der Waals surface area contributed by atoms with Gasteiger partial charge in [0, 0.05) is 12.4 Å². The molecule has 0 radical (unpaired) electrons. The first kappa shape index (κ1) is 18.4. The fourth-order valence-corrected chi connectivity index (χ4v) is 1.63. The second kappa shape index (κ2) is 8.08. The van der Waals surface area contributed by atoms with Crippen LogP contribution < -0.4 is 5.73 Å². The summed E-state index contributed by atoms with van der Waals surface area (Å²) in [5.74, 6) is -2.40. The number of nitrogen functional groups attached to an aromatic ring is 1. The molecule has 0 spiro atoms.